The van der Waals surface area contributed by atoms with Crippen LogP contribution in [0.4, 0.5) is 0 Å². The second kappa shape index (κ2) is 11.2. The van der Waals surface area contributed by atoms with E-state index in [-0.39, 0.29) is 11.5 Å². The Labute approximate surface area is 230 Å². The molecule has 1 heterocycles. The summed E-state index contributed by atoms with van der Waals surface area (Å²) in [5.41, 5.74) is 2.08. The van der Waals surface area contributed by atoms with E-state index in [1.54, 1.807) is 24.4 Å². The van der Waals surface area contributed by atoms with Crippen molar-refractivity contribution in [2.45, 2.75) is 32.8 Å². The zero-order valence-electron chi connectivity index (χ0n) is 18.9. The van der Waals surface area contributed by atoms with Gasteiger partial charge in [0.15, 0.2) is 0 Å². The molecule has 0 amide bonds. The molecule has 3 aromatic carbocycles. The maximum Gasteiger partial charge on any atom is 0.282 e. The maximum atomic E-state index is 13.3. The molecule has 5 nitrogen and oxygen atoms in total. The highest BCUT2D eigenvalue weighted by Crippen LogP contribution is 2.28. The molecule has 9 heteroatoms. The van der Waals surface area contributed by atoms with Gasteiger partial charge in [0.25, 0.3) is 5.56 Å². The third kappa shape index (κ3) is 5.97. The minimum Gasteiger partial charge on any atom is -0.488 e. The molecule has 0 radical (unpaired) electrons. The van der Waals surface area contributed by atoms with E-state index in [1.807, 2.05) is 43.3 Å². The molecule has 4 rings (SSSR count). The summed E-state index contributed by atoms with van der Waals surface area (Å²) in [5, 5.41) is 6.16. The SMILES string of the molecule is CC[C@H](C)c1nc2ccc(Br)cc2c(=O)n1N=Cc1ccc(OCc2ccc(Cl)cc2Cl)c(Br)c1. The van der Waals surface area contributed by atoms with Crippen molar-refractivity contribution in [1.82, 2.24) is 9.66 Å². The number of benzene rings is 3. The van der Waals surface area contributed by atoms with Crippen LogP contribution < -0.4 is 10.3 Å². The van der Waals surface area contributed by atoms with E-state index in [1.165, 1.54) is 4.68 Å². The molecule has 0 aliphatic rings. The van der Waals surface area contributed by atoms with Gasteiger partial charge in [-0.05, 0) is 76.4 Å². The molecule has 0 saturated heterocycles. The van der Waals surface area contributed by atoms with Gasteiger partial charge < -0.3 is 4.74 Å². The van der Waals surface area contributed by atoms with E-state index in [2.05, 4.69) is 43.9 Å². The van der Waals surface area contributed by atoms with Crippen LogP contribution in [0.5, 0.6) is 5.75 Å². The molecule has 0 unspecified atom stereocenters. The van der Waals surface area contributed by atoms with Gasteiger partial charge in [0.2, 0.25) is 0 Å². The summed E-state index contributed by atoms with van der Waals surface area (Å²) in [6, 6.07) is 16.4. The summed E-state index contributed by atoms with van der Waals surface area (Å²) in [7, 11) is 0. The number of aromatic nitrogens is 2. The number of nitrogens with zero attached hydrogens (tertiary/aromatic N) is 3. The molecule has 0 bridgehead atoms. The third-order valence-corrected chi connectivity index (χ3v) is 7.26. The van der Waals surface area contributed by atoms with Crippen LogP contribution in [0.1, 0.15) is 43.1 Å². The van der Waals surface area contributed by atoms with Crippen LogP contribution >= 0.6 is 55.1 Å². The molecule has 4 aromatic rings. The smallest absolute Gasteiger partial charge is 0.282 e. The lowest BCUT2D eigenvalue weighted by molar-refractivity contribution is 0.304. The Kier molecular flexibility index (Phi) is 8.32. The summed E-state index contributed by atoms with van der Waals surface area (Å²) in [4.78, 5) is 18.0. The first-order chi connectivity index (χ1) is 16.8. The predicted octanol–water partition coefficient (Wildman–Crippen LogP) is 8.20. The topological polar surface area (TPSA) is 56.5 Å². The van der Waals surface area contributed by atoms with E-state index in [4.69, 9.17) is 32.9 Å². The minimum absolute atomic E-state index is 0.0649. The van der Waals surface area contributed by atoms with Crippen LogP contribution in [-0.4, -0.2) is 15.9 Å². The zero-order chi connectivity index (χ0) is 25.1. The number of halogens is 4. The van der Waals surface area contributed by atoms with E-state index in [0.717, 1.165) is 26.5 Å². The number of hydrogen-bond acceptors (Lipinski definition) is 4. The van der Waals surface area contributed by atoms with Crippen LogP contribution in [0.3, 0.4) is 0 Å². The third-order valence-electron chi connectivity index (χ3n) is 5.56. The minimum atomic E-state index is -0.207. The van der Waals surface area contributed by atoms with Crippen molar-refractivity contribution in [2.24, 2.45) is 5.10 Å². The largest absolute Gasteiger partial charge is 0.488 e. The number of rotatable bonds is 7. The molecule has 180 valence electrons. The fraction of sp³-hybridized carbons (Fsp3) is 0.192. The molecule has 0 fully saturated rings. The van der Waals surface area contributed by atoms with Crippen molar-refractivity contribution in [2.75, 3.05) is 0 Å². The average molecular weight is 638 g/mol. The van der Waals surface area contributed by atoms with Gasteiger partial charge >= 0.3 is 0 Å². The Balaban J connectivity index is 1.62. The Morgan fingerprint density at radius 3 is 2.63 bits per heavy atom. The molecule has 0 spiro atoms. The van der Waals surface area contributed by atoms with Gasteiger partial charge in [-0.1, -0.05) is 59.0 Å². The van der Waals surface area contributed by atoms with Crippen molar-refractivity contribution in [3.8, 4) is 5.75 Å². The highest BCUT2D eigenvalue weighted by atomic mass is 79.9. The maximum absolute atomic E-state index is 13.3. The molecule has 0 N–H and O–H groups in total. The van der Waals surface area contributed by atoms with Crippen LogP contribution in [0.15, 0.2) is 73.4 Å². The van der Waals surface area contributed by atoms with Gasteiger partial charge in [-0.25, -0.2) is 4.98 Å². The second-order valence-electron chi connectivity index (χ2n) is 8.02. The second-order valence-corrected chi connectivity index (χ2v) is 10.6. The van der Waals surface area contributed by atoms with Crippen LogP contribution in [-0.2, 0) is 6.61 Å². The van der Waals surface area contributed by atoms with E-state index < -0.39 is 0 Å². The van der Waals surface area contributed by atoms with Crippen LogP contribution in [0.2, 0.25) is 10.0 Å². The first-order valence-electron chi connectivity index (χ1n) is 10.9. The highest BCUT2D eigenvalue weighted by Gasteiger charge is 2.15. The zero-order valence-corrected chi connectivity index (χ0v) is 23.6. The Morgan fingerprint density at radius 2 is 1.91 bits per heavy atom. The fourth-order valence-corrected chi connectivity index (χ4v) is 4.75. The summed E-state index contributed by atoms with van der Waals surface area (Å²) in [5.74, 6) is 1.35. The molecular weight excluding hydrogens is 617 g/mol. The first kappa shape index (κ1) is 25.9. The number of fused-ring (bicyclic) bond motifs is 1. The Morgan fingerprint density at radius 1 is 1.11 bits per heavy atom. The lowest BCUT2D eigenvalue weighted by Gasteiger charge is -2.14. The van der Waals surface area contributed by atoms with Gasteiger partial charge in [0.05, 0.1) is 21.6 Å². The summed E-state index contributed by atoms with van der Waals surface area (Å²) in [6.07, 6.45) is 2.47. The lowest BCUT2D eigenvalue weighted by atomic mass is 10.1. The van der Waals surface area contributed by atoms with Gasteiger partial charge in [0, 0.05) is 26.0 Å². The van der Waals surface area contributed by atoms with Crippen molar-refractivity contribution < 1.29 is 4.74 Å². The van der Waals surface area contributed by atoms with E-state index >= 15 is 0 Å². The monoisotopic (exact) mass is 635 g/mol. The molecule has 0 aliphatic carbocycles. The molecule has 1 aromatic heterocycles. The van der Waals surface area contributed by atoms with Crippen molar-refractivity contribution in [1.29, 1.82) is 0 Å². The van der Waals surface area contributed by atoms with E-state index in [0.29, 0.717) is 39.1 Å². The number of ether oxygens (including phenoxy) is 1. The van der Waals surface area contributed by atoms with Gasteiger partial charge in [0.1, 0.15) is 18.2 Å². The molecule has 1 atom stereocenters. The van der Waals surface area contributed by atoms with Crippen molar-refractivity contribution >= 4 is 72.2 Å². The van der Waals surface area contributed by atoms with Crippen LogP contribution in [0, 0.1) is 0 Å². The van der Waals surface area contributed by atoms with Crippen molar-refractivity contribution in [3.63, 3.8) is 0 Å². The Hall–Kier alpha value is -2.19. The summed E-state index contributed by atoms with van der Waals surface area (Å²) < 4.78 is 8.88. The quantitative estimate of drug-likeness (QED) is 0.192. The lowest BCUT2D eigenvalue weighted by Crippen LogP contribution is -2.23. The van der Waals surface area contributed by atoms with Gasteiger partial charge in [-0.15, -0.1) is 0 Å². The summed E-state index contributed by atoms with van der Waals surface area (Å²) in [6.45, 7) is 4.39. The molecular formula is C26H21Br2Cl2N3O2. The molecule has 35 heavy (non-hydrogen) atoms. The molecule has 0 saturated carbocycles. The molecule has 0 aliphatic heterocycles. The number of hydrogen-bond donors (Lipinski definition) is 0. The van der Waals surface area contributed by atoms with Gasteiger partial charge in [-0.2, -0.15) is 9.78 Å². The summed E-state index contributed by atoms with van der Waals surface area (Å²) >= 11 is 19.2. The van der Waals surface area contributed by atoms with Gasteiger partial charge in [-0.3, -0.25) is 4.79 Å². The standard InChI is InChI=1S/C26H21Br2Cl2N3O2/c1-3-15(2)25-32-23-8-6-18(27)11-20(23)26(34)33(25)31-13-16-4-9-24(21(28)10-16)35-14-17-5-7-19(29)12-22(17)30/h4-13,15H,3,14H2,1-2H3/t15-/m0/s1. The highest BCUT2D eigenvalue weighted by molar-refractivity contribution is 9.10. The van der Waals surface area contributed by atoms with E-state index in [9.17, 15) is 4.79 Å². The predicted molar refractivity (Wildman–Crippen MR) is 150 cm³/mol. The van der Waals surface area contributed by atoms with Crippen LogP contribution in [0.25, 0.3) is 10.9 Å². The normalized spacial score (nSPS) is 12.4. The fourth-order valence-electron chi connectivity index (χ4n) is 3.41. The average Bonchev–Trinajstić information content (AvgIpc) is 2.83. The first-order valence-corrected chi connectivity index (χ1v) is 13.2. The van der Waals surface area contributed by atoms with Crippen molar-refractivity contribution in [3.05, 3.63) is 101 Å². The Bertz CT molecular complexity index is 1490.